The van der Waals surface area contributed by atoms with Gasteiger partial charge in [0.25, 0.3) is 0 Å². The molecule has 1 saturated carbocycles. The van der Waals surface area contributed by atoms with E-state index in [-0.39, 0.29) is 17.4 Å². The van der Waals surface area contributed by atoms with Gasteiger partial charge in [-0.25, -0.2) is 8.78 Å². The first kappa shape index (κ1) is 12.5. The maximum Gasteiger partial charge on any atom is 0.126 e. The second-order valence-corrected chi connectivity index (χ2v) is 5.68. The normalized spacial score (nSPS) is 27.4. The number of hydrogen-bond acceptors (Lipinski definition) is 1. The highest BCUT2D eigenvalue weighted by Crippen LogP contribution is 2.47. The van der Waals surface area contributed by atoms with Gasteiger partial charge in [0, 0.05) is 6.42 Å². The van der Waals surface area contributed by atoms with Gasteiger partial charge in [0.05, 0.1) is 5.60 Å². The van der Waals surface area contributed by atoms with E-state index >= 15 is 0 Å². The molecule has 1 unspecified atom stereocenters. The minimum atomic E-state index is -0.929. The van der Waals surface area contributed by atoms with Gasteiger partial charge in [0.1, 0.15) is 11.6 Å². The zero-order chi connectivity index (χ0) is 12.7. The second kappa shape index (κ2) is 4.05. The summed E-state index contributed by atoms with van der Waals surface area (Å²) < 4.78 is 26.7. The molecular formula is C14H18F2O. The average Bonchev–Trinajstić information content (AvgIpc) is 2.47. The first-order valence-corrected chi connectivity index (χ1v) is 6.00. The summed E-state index contributed by atoms with van der Waals surface area (Å²) in [6.07, 6.45) is 2.68. The van der Waals surface area contributed by atoms with Crippen molar-refractivity contribution in [3.63, 3.8) is 0 Å². The van der Waals surface area contributed by atoms with E-state index in [2.05, 4.69) is 0 Å². The number of hydrogen-bond donors (Lipinski definition) is 1. The summed E-state index contributed by atoms with van der Waals surface area (Å²) in [5.74, 6) is -0.900. The lowest BCUT2D eigenvalue weighted by Crippen LogP contribution is -2.42. The van der Waals surface area contributed by atoms with Crippen molar-refractivity contribution in [2.24, 2.45) is 5.41 Å². The predicted molar refractivity (Wildman–Crippen MR) is 62.6 cm³/mol. The third-order valence-corrected chi connectivity index (χ3v) is 4.14. The van der Waals surface area contributed by atoms with Gasteiger partial charge in [0.15, 0.2) is 0 Å². The van der Waals surface area contributed by atoms with Crippen LogP contribution in [-0.2, 0) is 6.42 Å². The fourth-order valence-electron chi connectivity index (χ4n) is 2.72. The summed E-state index contributed by atoms with van der Waals surface area (Å²) in [6.45, 7) is 3.97. The van der Waals surface area contributed by atoms with Crippen LogP contribution < -0.4 is 0 Å². The molecule has 1 atom stereocenters. The van der Waals surface area contributed by atoms with E-state index < -0.39 is 17.2 Å². The van der Waals surface area contributed by atoms with Gasteiger partial charge in [-0.15, -0.1) is 0 Å². The molecule has 0 radical (unpaired) electrons. The fraction of sp³-hybridized carbons (Fsp3) is 0.571. The highest BCUT2D eigenvalue weighted by molar-refractivity contribution is 5.22. The van der Waals surface area contributed by atoms with Crippen LogP contribution in [0.5, 0.6) is 0 Å². The minimum absolute atomic E-state index is 0.184. The molecule has 0 aliphatic heterocycles. The Hall–Kier alpha value is -0.960. The molecule has 1 fully saturated rings. The molecule has 0 amide bonds. The van der Waals surface area contributed by atoms with Crippen molar-refractivity contribution in [1.82, 2.24) is 0 Å². The Morgan fingerprint density at radius 3 is 2.53 bits per heavy atom. The molecule has 94 valence electrons. The van der Waals surface area contributed by atoms with Crippen LogP contribution in [0, 0.1) is 17.0 Å². The van der Waals surface area contributed by atoms with E-state index in [0.29, 0.717) is 6.42 Å². The van der Waals surface area contributed by atoms with Crippen molar-refractivity contribution in [3.05, 3.63) is 35.4 Å². The van der Waals surface area contributed by atoms with Crippen LogP contribution in [0.4, 0.5) is 8.78 Å². The van der Waals surface area contributed by atoms with Crippen LogP contribution >= 0.6 is 0 Å². The molecule has 17 heavy (non-hydrogen) atoms. The third-order valence-electron chi connectivity index (χ3n) is 4.14. The molecule has 1 aliphatic rings. The van der Waals surface area contributed by atoms with E-state index in [1.165, 1.54) is 6.07 Å². The van der Waals surface area contributed by atoms with Crippen LogP contribution in [0.15, 0.2) is 18.2 Å². The standard InChI is InChI=1S/C14H18F2O/c1-13(2)6-3-7-14(13,17)9-10-8-11(15)4-5-12(10)16/h4-5,8,17H,3,6-7,9H2,1-2H3. The van der Waals surface area contributed by atoms with Crippen LogP contribution in [0.3, 0.4) is 0 Å². The fourth-order valence-corrected chi connectivity index (χ4v) is 2.72. The van der Waals surface area contributed by atoms with Gasteiger partial charge in [0.2, 0.25) is 0 Å². The lowest BCUT2D eigenvalue weighted by Gasteiger charge is -2.37. The van der Waals surface area contributed by atoms with Gasteiger partial charge in [-0.3, -0.25) is 0 Å². The Morgan fingerprint density at radius 1 is 1.24 bits per heavy atom. The van der Waals surface area contributed by atoms with Gasteiger partial charge in [-0.1, -0.05) is 13.8 Å². The molecule has 0 bridgehead atoms. The quantitative estimate of drug-likeness (QED) is 0.839. The number of benzene rings is 1. The van der Waals surface area contributed by atoms with Gasteiger partial charge >= 0.3 is 0 Å². The molecule has 0 heterocycles. The molecule has 1 nitrogen and oxygen atoms in total. The summed E-state index contributed by atoms with van der Waals surface area (Å²) in [5, 5.41) is 10.6. The van der Waals surface area contributed by atoms with Crippen molar-refractivity contribution < 1.29 is 13.9 Å². The maximum absolute atomic E-state index is 13.6. The van der Waals surface area contributed by atoms with E-state index in [1.54, 1.807) is 0 Å². The van der Waals surface area contributed by atoms with Crippen molar-refractivity contribution in [2.75, 3.05) is 0 Å². The summed E-state index contributed by atoms with van der Waals surface area (Å²) in [6, 6.07) is 3.40. The summed E-state index contributed by atoms with van der Waals surface area (Å²) in [4.78, 5) is 0. The van der Waals surface area contributed by atoms with E-state index in [1.807, 2.05) is 13.8 Å². The molecule has 0 saturated heterocycles. The molecule has 1 aromatic carbocycles. The highest BCUT2D eigenvalue weighted by Gasteiger charge is 2.47. The summed E-state index contributed by atoms with van der Waals surface area (Å²) in [7, 11) is 0. The van der Waals surface area contributed by atoms with Gasteiger partial charge in [-0.2, -0.15) is 0 Å². The molecule has 1 aliphatic carbocycles. The van der Waals surface area contributed by atoms with Crippen LogP contribution in [0.25, 0.3) is 0 Å². The van der Waals surface area contributed by atoms with E-state index in [4.69, 9.17) is 0 Å². The predicted octanol–water partition coefficient (Wildman–Crippen LogP) is 3.45. The SMILES string of the molecule is CC1(C)CCCC1(O)Cc1cc(F)ccc1F. The lowest BCUT2D eigenvalue weighted by molar-refractivity contribution is -0.0425. The summed E-state index contributed by atoms with van der Waals surface area (Å²) >= 11 is 0. The second-order valence-electron chi connectivity index (χ2n) is 5.68. The largest absolute Gasteiger partial charge is 0.389 e. The maximum atomic E-state index is 13.6. The lowest BCUT2D eigenvalue weighted by atomic mass is 9.74. The number of aliphatic hydroxyl groups is 1. The Kier molecular flexibility index (Phi) is 2.98. The number of halogens is 2. The van der Waals surface area contributed by atoms with Crippen molar-refractivity contribution in [3.8, 4) is 0 Å². The molecule has 1 aromatic rings. The van der Waals surface area contributed by atoms with Gasteiger partial charge in [-0.05, 0) is 48.4 Å². The smallest absolute Gasteiger partial charge is 0.126 e. The van der Waals surface area contributed by atoms with Crippen LogP contribution in [-0.4, -0.2) is 10.7 Å². The number of rotatable bonds is 2. The molecule has 0 spiro atoms. The first-order valence-electron chi connectivity index (χ1n) is 6.00. The van der Waals surface area contributed by atoms with Crippen molar-refractivity contribution >= 4 is 0 Å². The van der Waals surface area contributed by atoms with E-state index in [9.17, 15) is 13.9 Å². The monoisotopic (exact) mass is 240 g/mol. The Labute approximate surface area is 100 Å². The van der Waals surface area contributed by atoms with Crippen LogP contribution in [0.2, 0.25) is 0 Å². The van der Waals surface area contributed by atoms with Crippen LogP contribution in [0.1, 0.15) is 38.7 Å². The highest BCUT2D eigenvalue weighted by atomic mass is 19.1. The minimum Gasteiger partial charge on any atom is -0.389 e. The molecule has 3 heteroatoms. The zero-order valence-corrected chi connectivity index (χ0v) is 10.3. The average molecular weight is 240 g/mol. The Balaban J connectivity index is 2.29. The molecule has 2 rings (SSSR count). The van der Waals surface area contributed by atoms with Gasteiger partial charge < -0.3 is 5.11 Å². The van der Waals surface area contributed by atoms with Crippen molar-refractivity contribution in [1.29, 1.82) is 0 Å². The first-order chi connectivity index (χ1) is 7.84. The Bertz CT molecular complexity index is 428. The molecule has 1 N–H and O–H groups in total. The zero-order valence-electron chi connectivity index (χ0n) is 10.3. The van der Waals surface area contributed by atoms with Crippen molar-refractivity contribution in [2.45, 2.75) is 45.1 Å². The molecular weight excluding hydrogens is 222 g/mol. The Morgan fingerprint density at radius 2 is 1.94 bits per heavy atom. The topological polar surface area (TPSA) is 20.2 Å². The van der Waals surface area contributed by atoms with E-state index in [0.717, 1.165) is 25.0 Å². The third kappa shape index (κ3) is 2.21. The summed E-state index contributed by atoms with van der Waals surface area (Å²) in [5.41, 5.74) is -0.907. The molecule has 0 aromatic heterocycles.